The average Bonchev–Trinajstić information content (AvgIpc) is 2.67. The highest BCUT2D eigenvalue weighted by atomic mass is 35.5. The van der Waals surface area contributed by atoms with Crippen molar-refractivity contribution in [1.82, 2.24) is 4.90 Å². The minimum absolute atomic E-state index is 0.0743. The standard InChI is InChI=1S/C19H18ClN3O4/c20-15-4-1-3-14(11-15)19(25)22-9-7-13(8-10-22)18(24)21-16-5-2-6-17(12-16)23(26)27/h1-6,11-13H,7-10H2,(H,21,24). The van der Waals surface area contributed by atoms with Crippen LogP contribution in [0.5, 0.6) is 0 Å². The van der Waals surface area contributed by atoms with Crippen LogP contribution in [0.2, 0.25) is 5.02 Å². The lowest BCUT2D eigenvalue weighted by atomic mass is 9.95. The predicted molar refractivity (Wildman–Crippen MR) is 102 cm³/mol. The van der Waals surface area contributed by atoms with Crippen molar-refractivity contribution < 1.29 is 14.5 Å². The van der Waals surface area contributed by atoms with Gasteiger partial charge in [0.2, 0.25) is 5.91 Å². The van der Waals surface area contributed by atoms with E-state index in [2.05, 4.69) is 5.32 Å². The average molecular weight is 388 g/mol. The molecule has 1 fully saturated rings. The molecule has 1 saturated heterocycles. The van der Waals surface area contributed by atoms with E-state index in [1.807, 2.05) is 0 Å². The van der Waals surface area contributed by atoms with Crippen LogP contribution in [-0.2, 0) is 4.79 Å². The largest absolute Gasteiger partial charge is 0.339 e. The number of likely N-dealkylation sites (tertiary alicyclic amines) is 1. The molecule has 0 atom stereocenters. The normalized spacial score (nSPS) is 14.6. The van der Waals surface area contributed by atoms with Crippen LogP contribution in [0.3, 0.4) is 0 Å². The number of nitro groups is 1. The SMILES string of the molecule is O=C(Nc1cccc([N+](=O)[O-])c1)C1CCN(C(=O)c2cccc(Cl)c2)CC1. The molecule has 1 aliphatic heterocycles. The van der Waals surface area contributed by atoms with E-state index in [0.717, 1.165) is 0 Å². The molecule has 0 aliphatic carbocycles. The summed E-state index contributed by atoms with van der Waals surface area (Å²) >= 11 is 5.93. The number of piperidine rings is 1. The zero-order chi connectivity index (χ0) is 19.4. The monoisotopic (exact) mass is 387 g/mol. The lowest BCUT2D eigenvalue weighted by Gasteiger charge is -2.31. The van der Waals surface area contributed by atoms with E-state index in [0.29, 0.717) is 42.2 Å². The molecule has 0 bridgehead atoms. The number of rotatable bonds is 4. The Morgan fingerprint density at radius 1 is 1.11 bits per heavy atom. The summed E-state index contributed by atoms with van der Waals surface area (Å²) in [7, 11) is 0. The number of carbonyl (C=O) groups is 2. The maximum absolute atomic E-state index is 12.5. The van der Waals surface area contributed by atoms with E-state index in [-0.39, 0.29) is 23.4 Å². The van der Waals surface area contributed by atoms with Gasteiger partial charge in [-0.3, -0.25) is 19.7 Å². The third-order valence-corrected chi connectivity index (χ3v) is 4.78. The maximum Gasteiger partial charge on any atom is 0.271 e. The van der Waals surface area contributed by atoms with Crippen LogP contribution in [0, 0.1) is 16.0 Å². The number of anilines is 1. The summed E-state index contributed by atoms with van der Waals surface area (Å²) in [5.41, 5.74) is 0.850. The molecule has 2 amide bonds. The third-order valence-electron chi connectivity index (χ3n) is 4.55. The fourth-order valence-corrected chi connectivity index (χ4v) is 3.28. The molecule has 0 spiro atoms. The molecule has 7 nitrogen and oxygen atoms in total. The topological polar surface area (TPSA) is 92.5 Å². The Morgan fingerprint density at radius 3 is 2.48 bits per heavy atom. The molecule has 140 valence electrons. The van der Waals surface area contributed by atoms with E-state index in [9.17, 15) is 19.7 Å². The molecule has 0 unspecified atom stereocenters. The number of nitrogens with one attached hydrogen (secondary N) is 1. The van der Waals surface area contributed by atoms with Gasteiger partial charge in [0.15, 0.2) is 0 Å². The van der Waals surface area contributed by atoms with Crippen LogP contribution in [-0.4, -0.2) is 34.7 Å². The number of nitro benzene ring substituents is 1. The van der Waals surface area contributed by atoms with Crippen LogP contribution in [0.15, 0.2) is 48.5 Å². The van der Waals surface area contributed by atoms with Gasteiger partial charge in [0, 0.05) is 47.4 Å². The second-order valence-electron chi connectivity index (χ2n) is 6.37. The van der Waals surface area contributed by atoms with Crippen molar-refractivity contribution in [3.05, 3.63) is 69.2 Å². The number of amides is 2. The first kappa shape index (κ1) is 18.8. The van der Waals surface area contributed by atoms with E-state index < -0.39 is 4.92 Å². The number of carbonyl (C=O) groups excluding carboxylic acids is 2. The van der Waals surface area contributed by atoms with Gasteiger partial charge in [-0.15, -0.1) is 0 Å². The molecule has 3 rings (SSSR count). The summed E-state index contributed by atoms with van der Waals surface area (Å²) in [5, 5.41) is 14.1. The highest BCUT2D eigenvalue weighted by Gasteiger charge is 2.28. The van der Waals surface area contributed by atoms with Gasteiger partial charge in [-0.25, -0.2) is 0 Å². The van der Waals surface area contributed by atoms with Gasteiger partial charge in [0.25, 0.3) is 11.6 Å². The quantitative estimate of drug-likeness (QED) is 0.638. The van der Waals surface area contributed by atoms with Crippen molar-refractivity contribution in [3.8, 4) is 0 Å². The Morgan fingerprint density at radius 2 is 1.81 bits per heavy atom. The minimum atomic E-state index is -0.504. The van der Waals surface area contributed by atoms with Crippen molar-refractivity contribution in [2.45, 2.75) is 12.8 Å². The van der Waals surface area contributed by atoms with Crippen molar-refractivity contribution >= 4 is 34.8 Å². The van der Waals surface area contributed by atoms with Crippen LogP contribution in [0.4, 0.5) is 11.4 Å². The molecule has 0 saturated carbocycles. The van der Waals surface area contributed by atoms with E-state index >= 15 is 0 Å². The number of benzene rings is 2. The van der Waals surface area contributed by atoms with E-state index in [4.69, 9.17) is 11.6 Å². The fraction of sp³-hybridized carbons (Fsp3) is 0.263. The Hall–Kier alpha value is -2.93. The minimum Gasteiger partial charge on any atom is -0.339 e. The van der Waals surface area contributed by atoms with Gasteiger partial charge in [0.1, 0.15) is 0 Å². The molecule has 2 aromatic carbocycles. The third kappa shape index (κ3) is 4.62. The Balaban J connectivity index is 1.57. The molecular formula is C19H18ClN3O4. The molecule has 2 aromatic rings. The Kier molecular flexibility index (Phi) is 5.71. The summed E-state index contributed by atoms with van der Waals surface area (Å²) in [5.74, 6) is -0.534. The first-order valence-electron chi connectivity index (χ1n) is 8.54. The summed E-state index contributed by atoms with van der Waals surface area (Å²) in [6, 6.07) is 12.6. The maximum atomic E-state index is 12.5. The molecule has 0 radical (unpaired) electrons. The second-order valence-corrected chi connectivity index (χ2v) is 6.81. The van der Waals surface area contributed by atoms with Gasteiger partial charge in [-0.05, 0) is 37.1 Å². The number of halogens is 1. The zero-order valence-corrected chi connectivity index (χ0v) is 15.2. The highest BCUT2D eigenvalue weighted by molar-refractivity contribution is 6.30. The summed E-state index contributed by atoms with van der Waals surface area (Å²) in [6.07, 6.45) is 1.07. The second kappa shape index (κ2) is 8.18. The van der Waals surface area contributed by atoms with Crippen LogP contribution in [0.25, 0.3) is 0 Å². The number of nitrogens with zero attached hydrogens (tertiary/aromatic N) is 2. The van der Waals surface area contributed by atoms with Crippen molar-refractivity contribution in [2.24, 2.45) is 5.92 Å². The van der Waals surface area contributed by atoms with Gasteiger partial charge in [-0.1, -0.05) is 23.7 Å². The van der Waals surface area contributed by atoms with Gasteiger partial charge in [0.05, 0.1) is 4.92 Å². The van der Waals surface area contributed by atoms with Crippen LogP contribution >= 0.6 is 11.6 Å². The van der Waals surface area contributed by atoms with Gasteiger partial charge >= 0.3 is 0 Å². The first-order valence-corrected chi connectivity index (χ1v) is 8.92. The van der Waals surface area contributed by atoms with Gasteiger partial charge < -0.3 is 10.2 Å². The lowest BCUT2D eigenvalue weighted by Crippen LogP contribution is -2.41. The number of hydrogen-bond acceptors (Lipinski definition) is 4. The van der Waals surface area contributed by atoms with Crippen molar-refractivity contribution in [1.29, 1.82) is 0 Å². The van der Waals surface area contributed by atoms with E-state index in [1.165, 1.54) is 18.2 Å². The van der Waals surface area contributed by atoms with Crippen molar-refractivity contribution in [3.63, 3.8) is 0 Å². The Bertz CT molecular complexity index is 879. The van der Waals surface area contributed by atoms with Crippen LogP contribution in [0.1, 0.15) is 23.2 Å². The summed E-state index contributed by atoms with van der Waals surface area (Å²) in [6.45, 7) is 0.941. The molecule has 1 aliphatic rings. The smallest absolute Gasteiger partial charge is 0.271 e. The molecular weight excluding hydrogens is 370 g/mol. The van der Waals surface area contributed by atoms with Crippen LogP contribution < -0.4 is 5.32 Å². The summed E-state index contributed by atoms with van der Waals surface area (Å²) < 4.78 is 0. The number of non-ortho nitro benzene ring substituents is 1. The predicted octanol–water partition coefficient (Wildman–Crippen LogP) is 3.74. The molecule has 1 N–H and O–H groups in total. The molecule has 1 heterocycles. The fourth-order valence-electron chi connectivity index (χ4n) is 3.09. The zero-order valence-electron chi connectivity index (χ0n) is 14.4. The lowest BCUT2D eigenvalue weighted by molar-refractivity contribution is -0.384. The summed E-state index contributed by atoms with van der Waals surface area (Å²) in [4.78, 5) is 37.0. The highest BCUT2D eigenvalue weighted by Crippen LogP contribution is 2.23. The van der Waals surface area contributed by atoms with E-state index in [1.54, 1.807) is 35.2 Å². The number of hydrogen-bond donors (Lipinski definition) is 1. The Labute approximate surface area is 161 Å². The van der Waals surface area contributed by atoms with Gasteiger partial charge in [-0.2, -0.15) is 0 Å². The first-order chi connectivity index (χ1) is 12.9. The molecule has 27 heavy (non-hydrogen) atoms. The molecule has 8 heteroatoms. The molecule has 0 aromatic heterocycles. The van der Waals surface area contributed by atoms with Crippen molar-refractivity contribution in [2.75, 3.05) is 18.4 Å².